The molecule has 7 nitrogen and oxygen atoms in total. The first-order valence-electron chi connectivity index (χ1n) is 10.4. The van der Waals surface area contributed by atoms with E-state index in [1.54, 1.807) is 0 Å². The summed E-state index contributed by atoms with van der Waals surface area (Å²) in [4.78, 5) is 27.6. The van der Waals surface area contributed by atoms with Crippen molar-refractivity contribution < 1.29 is 4.52 Å². The lowest BCUT2D eigenvalue weighted by Gasteiger charge is -2.18. The number of thiophene rings is 1. The average Bonchev–Trinajstić information content (AvgIpc) is 3.34. The summed E-state index contributed by atoms with van der Waals surface area (Å²) in [5.41, 5.74) is 4.74. The number of fused-ring (bicyclic) bond motifs is 3. The average molecular weight is 446 g/mol. The van der Waals surface area contributed by atoms with Gasteiger partial charge in [0, 0.05) is 16.6 Å². The molecule has 5 aromatic rings. The second-order valence-electron chi connectivity index (χ2n) is 9.06. The fourth-order valence-electron chi connectivity index (χ4n) is 3.82. The number of hydrogen-bond donors (Lipinski definition) is 0. The second kappa shape index (κ2) is 7.34. The second-order valence-corrected chi connectivity index (χ2v) is 10.1. The first-order valence-corrected chi connectivity index (χ1v) is 11.2. The minimum absolute atomic E-state index is 0.0765. The molecule has 0 bridgehead atoms. The minimum atomic E-state index is -0.135. The van der Waals surface area contributed by atoms with Crippen LogP contribution < -0.4 is 5.56 Å². The third-order valence-corrected chi connectivity index (χ3v) is 6.59. The molecule has 0 spiro atoms. The molecular formula is C24H23N5O2S. The SMILES string of the molecule is Cc1cc(C)c2c(n1)sc1c(=O)n(Cc3nc(-c4ccc(C(C)(C)C)cc4)no3)cnc12. The van der Waals surface area contributed by atoms with Crippen molar-refractivity contribution in [3.05, 3.63) is 69.7 Å². The lowest BCUT2D eigenvalue weighted by molar-refractivity contribution is 0.369. The Hall–Kier alpha value is -3.39. The molecular weight excluding hydrogens is 422 g/mol. The van der Waals surface area contributed by atoms with Crippen molar-refractivity contribution in [2.75, 3.05) is 0 Å². The van der Waals surface area contributed by atoms with E-state index in [2.05, 4.69) is 53.0 Å². The van der Waals surface area contributed by atoms with E-state index in [0.717, 1.165) is 27.0 Å². The number of pyridine rings is 1. The summed E-state index contributed by atoms with van der Waals surface area (Å²) in [7, 11) is 0. The molecule has 0 saturated carbocycles. The number of nitrogens with zero attached hydrogens (tertiary/aromatic N) is 5. The van der Waals surface area contributed by atoms with Crippen LogP contribution in [-0.4, -0.2) is 24.7 Å². The molecule has 162 valence electrons. The van der Waals surface area contributed by atoms with Crippen molar-refractivity contribution in [2.45, 2.75) is 46.6 Å². The topological polar surface area (TPSA) is 86.7 Å². The molecule has 8 heteroatoms. The highest BCUT2D eigenvalue weighted by Gasteiger charge is 2.17. The summed E-state index contributed by atoms with van der Waals surface area (Å²) < 4.78 is 7.51. The lowest BCUT2D eigenvalue weighted by Crippen LogP contribution is -2.20. The number of aromatic nitrogens is 5. The predicted octanol–water partition coefficient (Wildman–Crippen LogP) is 5.02. The maximum absolute atomic E-state index is 13.1. The van der Waals surface area contributed by atoms with Crippen LogP contribution in [0.1, 0.15) is 43.5 Å². The molecule has 0 radical (unpaired) electrons. The summed E-state index contributed by atoms with van der Waals surface area (Å²) in [5.74, 6) is 0.856. The standard InChI is InChI=1S/C24H23N5O2S/c1-13-10-14(2)26-22-18(13)19-20(32-22)23(30)29(12-25-19)11-17-27-21(28-31-17)15-6-8-16(9-7-15)24(3,4)5/h6-10,12H,11H2,1-5H3. The van der Waals surface area contributed by atoms with Crippen LogP contribution in [-0.2, 0) is 12.0 Å². The zero-order chi connectivity index (χ0) is 22.6. The largest absolute Gasteiger partial charge is 0.337 e. The van der Waals surface area contributed by atoms with Crippen LogP contribution in [0.5, 0.6) is 0 Å². The molecule has 1 aromatic carbocycles. The summed E-state index contributed by atoms with van der Waals surface area (Å²) in [5, 5.41) is 5.04. The van der Waals surface area contributed by atoms with Gasteiger partial charge in [0.15, 0.2) is 0 Å². The predicted molar refractivity (Wildman–Crippen MR) is 126 cm³/mol. The Morgan fingerprint density at radius 3 is 2.56 bits per heavy atom. The van der Waals surface area contributed by atoms with Gasteiger partial charge in [0.1, 0.15) is 16.1 Å². The highest BCUT2D eigenvalue weighted by Crippen LogP contribution is 2.31. The molecule has 0 aliphatic carbocycles. The van der Waals surface area contributed by atoms with E-state index in [0.29, 0.717) is 21.9 Å². The summed E-state index contributed by atoms with van der Waals surface area (Å²) in [6.07, 6.45) is 1.54. The first kappa shape index (κ1) is 20.5. The number of aryl methyl sites for hydroxylation is 2. The monoisotopic (exact) mass is 445 g/mol. The molecule has 4 heterocycles. The van der Waals surface area contributed by atoms with Gasteiger partial charge >= 0.3 is 0 Å². The molecule has 0 amide bonds. The normalized spacial score (nSPS) is 12.2. The van der Waals surface area contributed by atoms with Crippen LogP contribution in [0.4, 0.5) is 0 Å². The summed E-state index contributed by atoms with van der Waals surface area (Å²) in [6, 6.07) is 10.1. The van der Waals surface area contributed by atoms with Gasteiger partial charge in [-0.1, -0.05) is 50.2 Å². The van der Waals surface area contributed by atoms with Gasteiger partial charge in [0.25, 0.3) is 5.56 Å². The molecule has 32 heavy (non-hydrogen) atoms. The van der Waals surface area contributed by atoms with Gasteiger partial charge in [-0.05, 0) is 36.5 Å². The maximum atomic E-state index is 13.1. The van der Waals surface area contributed by atoms with Crippen LogP contribution in [0.25, 0.3) is 31.8 Å². The summed E-state index contributed by atoms with van der Waals surface area (Å²) >= 11 is 1.37. The van der Waals surface area contributed by atoms with Crippen molar-refractivity contribution in [2.24, 2.45) is 0 Å². The third kappa shape index (κ3) is 3.50. The van der Waals surface area contributed by atoms with Crippen LogP contribution >= 0.6 is 11.3 Å². The Balaban J connectivity index is 1.47. The van der Waals surface area contributed by atoms with Crippen molar-refractivity contribution in [1.29, 1.82) is 0 Å². The molecule has 0 fully saturated rings. The quantitative estimate of drug-likeness (QED) is 0.388. The van der Waals surface area contributed by atoms with Crippen molar-refractivity contribution >= 4 is 31.8 Å². The molecule has 0 unspecified atom stereocenters. The van der Waals surface area contributed by atoms with E-state index in [1.165, 1.54) is 27.8 Å². The molecule has 0 N–H and O–H groups in total. The molecule has 0 aliphatic rings. The Kier molecular flexibility index (Phi) is 4.70. The molecule has 0 aliphatic heterocycles. The van der Waals surface area contributed by atoms with Crippen molar-refractivity contribution in [3.63, 3.8) is 0 Å². The minimum Gasteiger partial charge on any atom is -0.337 e. The van der Waals surface area contributed by atoms with Gasteiger partial charge in [0.2, 0.25) is 11.7 Å². The Morgan fingerprint density at radius 2 is 1.84 bits per heavy atom. The van der Waals surface area contributed by atoms with E-state index in [1.807, 2.05) is 32.0 Å². The van der Waals surface area contributed by atoms with E-state index < -0.39 is 0 Å². The fraction of sp³-hybridized carbons (Fsp3) is 0.292. The molecule has 0 saturated heterocycles. The van der Waals surface area contributed by atoms with Crippen molar-refractivity contribution in [1.82, 2.24) is 24.7 Å². The zero-order valence-electron chi connectivity index (χ0n) is 18.6. The number of rotatable bonds is 3. The van der Waals surface area contributed by atoms with Gasteiger partial charge in [0.05, 0.1) is 11.8 Å². The zero-order valence-corrected chi connectivity index (χ0v) is 19.4. The lowest BCUT2D eigenvalue weighted by atomic mass is 9.87. The van der Waals surface area contributed by atoms with Crippen molar-refractivity contribution in [3.8, 4) is 11.4 Å². The van der Waals surface area contributed by atoms with Gasteiger partial charge in [-0.3, -0.25) is 9.36 Å². The molecule has 0 atom stereocenters. The van der Waals surface area contributed by atoms with E-state index in [4.69, 9.17) is 4.52 Å². The highest BCUT2D eigenvalue weighted by molar-refractivity contribution is 7.25. The van der Waals surface area contributed by atoms with Gasteiger partial charge in [-0.25, -0.2) is 9.97 Å². The van der Waals surface area contributed by atoms with E-state index in [-0.39, 0.29) is 17.5 Å². The van der Waals surface area contributed by atoms with Crippen LogP contribution in [0.2, 0.25) is 0 Å². The van der Waals surface area contributed by atoms with Crippen LogP contribution in [0, 0.1) is 13.8 Å². The Labute approximate surface area is 188 Å². The molecule has 5 rings (SSSR count). The first-order chi connectivity index (χ1) is 15.2. The summed E-state index contributed by atoms with van der Waals surface area (Å²) in [6.45, 7) is 10.6. The van der Waals surface area contributed by atoms with Gasteiger partial charge < -0.3 is 4.52 Å². The highest BCUT2D eigenvalue weighted by atomic mass is 32.1. The Morgan fingerprint density at radius 1 is 1.09 bits per heavy atom. The van der Waals surface area contributed by atoms with Crippen LogP contribution in [0.15, 0.2) is 46.0 Å². The number of hydrogen-bond acceptors (Lipinski definition) is 7. The van der Waals surface area contributed by atoms with Gasteiger partial charge in [-0.2, -0.15) is 4.98 Å². The van der Waals surface area contributed by atoms with Crippen LogP contribution in [0.3, 0.4) is 0 Å². The maximum Gasteiger partial charge on any atom is 0.271 e. The molecule has 4 aromatic heterocycles. The van der Waals surface area contributed by atoms with E-state index >= 15 is 0 Å². The third-order valence-electron chi connectivity index (χ3n) is 5.53. The fourth-order valence-corrected chi connectivity index (χ4v) is 5.01. The Bertz CT molecular complexity index is 1520. The smallest absolute Gasteiger partial charge is 0.271 e. The van der Waals surface area contributed by atoms with Gasteiger partial charge in [-0.15, -0.1) is 11.3 Å². The van der Waals surface area contributed by atoms with E-state index in [9.17, 15) is 4.79 Å². The number of benzene rings is 1.